The van der Waals surface area contributed by atoms with Crippen molar-refractivity contribution in [3.8, 4) is 28.6 Å². The summed E-state index contributed by atoms with van der Waals surface area (Å²) in [5.41, 5.74) is 1.49. The van der Waals surface area contributed by atoms with Crippen LogP contribution in [0.5, 0.6) is 17.2 Å². The molecule has 0 bridgehead atoms. The van der Waals surface area contributed by atoms with E-state index in [1.54, 1.807) is 32.4 Å². The van der Waals surface area contributed by atoms with Gasteiger partial charge in [-0.2, -0.15) is 0 Å². The Balaban J connectivity index is 1.51. The Morgan fingerprint density at radius 1 is 1.04 bits per heavy atom. The largest absolute Gasteiger partial charge is 0.497 e. The number of rotatable bonds is 8. The molecule has 0 aliphatic heterocycles. The van der Waals surface area contributed by atoms with Crippen LogP contribution in [0.25, 0.3) is 11.3 Å². The molecule has 0 unspecified atom stereocenters. The van der Waals surface area contributed by atoms with E-state index < -0.39 is 0 Å². The van der Waals surface area contributed by atoms with Crippen LogP contribution in [0, 0.1) is 0 Å². The number of ether oxygens (including phenoxy) is 3. The first-order valence-electron chi connectivity index (χ1n) is 8.32. The van der Waals surface area contributed by atoms with Crippen molar-refractivity contribution in [2.75, 3.05) is 20.8 Å². The zero-order valence-corrected chi connectivity index (χ0v) is 15.1. The van der Waals surface area contributed by atoms with Crippen LogP contribution in [0.2, 0.25) is 0 Å². The van der Waals surface area contributed by atoms with E-state index in [1.807, 2.05) is 36.4 Å². The van der Waals surface area contributed by atoms with Gasteiger partial charge in [0.25, 0.3) is 5.91 Å². The lowest BCUT2D eigenvalue weighted by atomic mass is 10.1. The maximum Gasteiger partial charge on any atom is 0.258 e. The Labute approximate surface area is 156 Å². The maximum atomic E-state index is 12.0. The Kier molecular flexibility index (Phi) is 5.94. The second-order valence-electron chi connectivity index (χ2n) is 5.63. The number of benzene rings is 2. The number of para-hydroxylation sites is 2. The first-order chi connectivity index (χ1) is 13.2. The minimum absolute atomic E-state index is 0.121. The Hall–Kier alpha value is -3.48. The van der Waals surface area contributed by atoms with E-state index in [1.165, 1.54) is 0 Å². The number of amides is 1. The summed E-state index contributed by atoms with van der Waals surface area (Å²) in [5, 5.41) is 6.71. The quantitative estimate of drug-likeness (QED) is 0.658. The van der Waals surface area contributed by atoms with Crippen LogP contribution < -0.4 is 19.5 Å². The highest BCUT2D eigenvalue weighted by Gasteiger charge is 2.10. The van der Waals surface area contributed by atoms with E-state index in [9.17, 15) is 4.79 Å². The number of hydrogen-bond acceptors (Lipinski definition) is 6. The smallest absolute Gasteiger partial charge is 0.258 e. The molecule has 0 spiro atoms. The van der Waals surface area contributed by atoms with Gasteiger partial charge in [-0.25, -0.2) is 0 Å². The molecule has 1 aromatic heterocycles. The van der Waals surface area contributed by atoms with Crippen molar-refractivity contribution in [2.24, 2.45) is 0 Å². The molecule has 0 atom stereocenters. The van der Waals surface area contributed by atoms with Gasteiger partial charge in [-0.15, -0.1) is 0 Å². The number of carbonyl (C=O) groups is 1. The van der Waals surface area contributed by atoms with Gasteiger partial charge in [0.05, 0.1) is 20.8 Å². The number of hydrogen-bond donors (Lipinski definition) is 1. The summed E-state index contributed by atoms with van der Waals surface area (Å²) < 4.78 is 21.1. The third-order valence-electron chi connectivity index (χ3n) is 3.83. The molecule has 2 aromatic carbocycles. The average molecular weight is 368 g/mol. The second-order valence-corrected chi connectivity index (χ2v) is 5.63. The standard InChI is InChI=1S/C20H20N2O5/c1-24-16-9-7-14(8-10-16)19-11-15(22-27-19)12-21-20(23)13-26-18-6-4-3-5-17(18)25-2/h3-11H,12-13H2,1-2H3,(H,21,23). The summed E-state index contributed by atoms with van der Waals surface area (Å²) in [6.45, 7) is 0.122. The van der Waals surface area contributed by atoms with Gasteiger partial charge >= 0.3 is 0 Å². The van der Waals surface area contributed by atoms with Gasteiger partial charge in [0, 0.05) is 11.6 Å². The van der Waals surface area contributed by atoms with Gasteiger partial charge < -0.3 is 24.1 Å². The van der Waals surface area contributed by atoms with Crippen molar-refractivity contribution < 1.29 is 23.5 Å². The van der Waals surface area contributed by atoms with Crippen LogP contribution in [0.4, 0.5) is 0 Å². The van der Waals surface area contributed by atoms with Gasteiger partial charge in [-0.3, -0.25) is 4.79 Å². The predicted molar refractivity (Wildman–Crippen MR) is 98.8 cm³/mol. The minimum Gasteiger partial charge on any atom is -0.497 e. The van der Waals surface area contributed by atoms with E-state index in [0.29, 0.717) is 23.0 Å². The number of nitrogens with one attached hydrogen (secondary N) is 1. The fourth-order valence-electron chi connectivity index (χ4n) is 2.41. The summed E-state index contributed by atoms with van der Waals surface area (Å²) in [5.74, 6) is 2.20. The normalized spacial score (nSPS) is 10.3. The predicted octanol–water partition coefficient (Wildman–Crippen LogP) is 3.05. The molecule has 3 aromatic rings. The zero-order valence-electron chi connectivity index (χ0n) is 15.1. The lowest BCUT2D eigenvalue weighted by molar-refractivity contribution is -0.123. The Morgan fingerprint density at radius 2 is 1.78 bits per heavy atom. The van der Waals surface area contributed by atoms with Crippen LogP contribution in [0.15, 0.2) is 59.1 Å². The van der Waals surface area contributed by atoms with Crippen LogP contribution in [0.3, 0.4) is 0 Å². The zero-order chi connectivity index (χ0) is 19.1. The van der Waals surface area contributed by atoms with E-state index >= 15 is 0 Å². The van der Waals surface area contributed by atoms with Gasteiger partial charge in [0.1, 0.15) is 11.4 Å². The lowest BCUT2D eigenvalue weighted by Gasteiger charge is -2.09. The fraction of sp³-hybridized carbons (Fsp3) is 0.200. The average Bonchev–Trinajstić information content (AvgIpc) is 3.20. The maximum absolute atomic E-state index is 12.0. The van der Waals surface area contributed by atoms with Crippen LogP contribution in [0.1, 0.15) is 5.69 Å². The highest BCUT2D eigenvalue weighted by atomic mass is 16.5. The van der Waals surface area contributed by atoms with E-state index in [4.69, 9.17) is 18.7 Å². The monoisotopic (exact) mass is 368 g/mol. The second kappa shape index (κ2) is 8.75. The molecule has 1 N–H and O–H groups in total. The van der Waals surface area contributed by atoms with Crippen molar-refractivity contribution in [3.05, 3.63) is 60.3 Å². The number of methoxy groups -OCH3 is 2. The van der Waals surface area contributed by atoms with E-state index in [0.717, 1.165) is 11.3 Å². The first kappa shape index (κ1) is 18.3. The molecule has 0 aliphatic rings. The molecule has 1 amide bonds. The van der Waals surface area contributed by atoms with E-state index in [-0.39, 0.29) is 19.1 Å². The summed E-state index contributed by atoms with van der Waals surface area (Å²) in [4.78, 5) is 12.0. The molecule has 0 aliphatic carbocycles. The fourth-order valence-corrected chi connectivity index (χ4v) is 2.41. The molecule has 3 rings (SSSR count). The SMILES string of the molecule is COc1ccc(-c2cc(CNC(=O)COc3ccccc3OC)no2)cc1. The van der Waals surface area contributed by atoms with Crippen LogP contribution in [-0.4, -0.2) is 31.9 Å². The highest BCUT2D eigenvalue weighted by molar-refractivity contribution is 5.77. The molecule has 0 fully saturated rings. The Bertz CT molecular complexity index is 889. The van der Waals surface area contributed by atoms with Crippen molar-refractivity contribution in [2.45, 2.75) is 6.54 Å². The molecule has 0 saturated heterocycles. The third kappa shape index (κ3) is 4.78. The van der Waals surface area contributed by atoms with Crippen molar-refractivity contribution in [1.29, 1.82) is 0 Å². The number of aromatic nitrogens is 1. The van der Waals surface area contributed by atoms with Crippen molar-refractivity contribution >= 4 is 5.91 Å². The van der Waals surface area contributed by atoms with E-state index in [2.05, 4.69) is 10.5 Å². The summed E-state index contributed by atoms with van der Waals surface area (Å²) in [7, 11) is 3.16. The van der Waals surface area contributed by atoms with Gasteiger partial charge in [-0.1, -0.05) is 17.3 Å². The van der Waals surface area contributed by atoms with Gasteiger partial charge in [-0.05, 0) is 36.4 Å². The topological polar surface area (TPSA) is 82.8 Å². The minimum atomic E-state index is -0.269. The molecule has 27 heavy (non-hydrogen) atoms. The van der Waals surface area contributed by atoms with Crippen LogP contribution >= 0.6 is 0 Å². The van der Waals surface area contributed by atoms with Gasteiger partial charge in [0.15, 0.2) is 23.9 Å². The van der Waals surface area contributed by atoms with Crippen molar-refractivity contribution in [3.63, 3.8) is 0 Å². The molecule has 1 heterocycles. The molecular formula is C20H20N2O5. The number of carbonyl (C=O) groups excluding carboxylic acids is 1. The molecule has 0 radical (unpaired) electrons. The molecule has 7 heteroatoms. The Morgan fingerprint density at radius 3 is 2.48 bits per heavy atom. The summed E-state index contributed by atoms with van der Waals surface area (Å²) in [6, 6.07) is 16.4. The molecule has 0 saturated carbocycles. The summed E-state index contributed by atoms with van der Waals surface area (Å²) in [6.07, 6.45) is 0. The van der Waals surface area contributed by atoms with Gasteiger partial charge in [0.2, 0.25) is 0 Å². The lowest BCUT2D eigenvalue weighted by Crippen LogP contribution is -2.28. The highest BCUT2D eigenvalue weighted by Crippen LogP contribution is 2.25. The number of nitrogens with zero attached hydrogens (tertiary/aromatic N) is 1. The summed E-state index contributed by atoms with van der Waals surface area (Å²) >= 11 is 0. The first-order valence-corrected chi connectivity index (χ1v) is 8.32. The van der Waals surface area contributed by atoms with Crippen LogP contribution in [-0.2, 0) is 11.3 Å². The molecule has 140 valence electrons. The third-order valence-corrected chi connectivity index (χ3v) is 3.83. The molecule has 7 nitrogen and oxygen atoms in total. The molecular weight excluding hydrogens is 348 g/mol. The van der Waals surface area contributed by atoms with Crippen molar-refractivity contribution in [1.82, 2.24) is 10.5 Å².